The Morgan fingerprint density at radius 3 is 2.62 bits per heavy atom. The molecule has 3 aromatic heterocycles. The summed E-state index contributed by atoms with van der Waals surface area (Å²) in [5.74, 6) is -2.97. The van der Waals surface area contributed by atoms with Gasteiger partial charge in [-0.2, -0.15) is 13.2 Å². The second kappa shape index (κ2) is 9.97. The molecule has 0 bridgehead atoms. The molecule has 0 unspecified atom stereocenters. The van der Waals surface area contributed by atoms with E-state index in [0.717, 1.165) is 18.3 Å². The number of carboxylic acid groups (broad SMARTS) is 1. The van der Waals surface area contributed by atoms with Crippen LogP contribution in [0.2, 0.25) is 0 Å². The molecule has 5 rings (SSSR count). The van der Waals surface area contributed by atoms with E-state index in [2.05, 4.69) is 20.3 Å². The molecule has 1 saturated carbocycles. The molecule has 1 fully saturated rings. The summed E-state index contributed by atoms with van der Waals surface area (Å²) in [6, 6.07) is 5.01. The van der Waals surface area contributed by atoms with Crippen LogP contribution in [-0.4, -0.2) is 36.3 Å². The predicted octanol–water partition coefficient (Wildman–Crippen LogP) is 5.14. The molecule has 3 heterocycles. The molecule has 202 valence electrons. The van der Waals surface area contributed by atoms with Crippen molar-refractivity contribution >= 4 is 29.0 Å². The quantitative estimate of drug-likeness (QED) is 0.297. The van der Waals surface area contributed by atoms with E-state index < -0.39 is 35.4 Å². The number of aliphatic carboxylic acids is 1. The van der Waals surface area contributed by atoms with Gasteiger partial charge in [0.2, 0.25) is 0 Å². The smallest absolute Gasteiger partial charge is 0.416 e. The Hall–Kier alpha value is -4.55. The number of carbonyl (C=O) groups excluding carboxylic acids is 1. The van der Waals surface area contributed by atoms with Crippen molar-refractivity contribution in [1.82, 2.24) is 19.4 Å². The number of halogens is 4. The van der Waals surface area contributed by atoms with Crippen LogP contribution in [0.25, 0.3) is 16.8 Å². The number of pyridine rings is 1. The van der Waals surface area contributed by atoms with Crippen molar-refractivity contribution in [2.75, 3.05) is 11.1 Å². The molecule has 39 heavy (non-hydrogen) atoms. The first-order chi connectivity index (χ1) is 18.5. The highest BCUT2D eigenvalue weighted by atomic mass is 19.4. The SMILES string of the molecule is Nc1nccn2c([C@@H]3CCC[C@H](C(=O)O)C3)nc(-c3ccc(C(=O)Nc4cc(C(F)(F)F)ccn4)cc3F)c12. The number of carbonyl (C=O) groups is 2. The molecule has 1 amide bonds. The zero-order chi connectivity index (χ0) is 27.9. The first-order valence-corrected chi connectivity index (χ1v) is 12.0. The molecule has 1 aromatic carbocycles. The Morgan fingerprint density at radius 2 is 1.90 bits per heavy atom. The summed E-state index contributed by atoms with van der Waals surface area (Å²) in [5, 5.41) is 11.7. The lowest BCUT2D eigenvalue weighted by molar-refractivity contribution is -0.143. The maximum atomic E-state index is 15.4. The van der Waals surface area contributed by atoms with Crippen LogP contribution in [0.5, 0.6) is 0 Å². The number of fused-ring (bicyclic) bond motifs is 1. The molecule has 0 aliphatic heterocycles. The molecule has 1 aliphatic carbocycles. The summed E-state index contributed by atoms with van der Waals surface area (Å²) in [7, 11) is 0. The Bertz CT molecular complexity index is 1590. The van der Waals surface area contributed by atoms with E-state index in [9.17, 15) is 27.9 Å². The van der Waals surface area contributed by atoms with Gasteiger partial charge in [-0.25, -0.2) is 19.3 Å². The fourth-order valence-corrected chi connectivity index (χ4v) is 4.92. The first kappa shape index (κ1) is 26.1. The highest BCUT2D eigenvalue weighted by Crippen LogP contribution is 2.39. The Morgan fingerprint density at radius 1 is 1.10 bits per heavy atom. The van der Waals surface area contributed by atoms with Crippen molar-refractivity contribution in [2.24, 2.45) is 5.92 Å². The van der Waals surface area contributed by atoms with Gasteiger partial charge in [0.25, 0.3) is 5.91 Å². The van der Waals surface area contributed by atoms with E-state index in [1.54, 1.807) is 10.6 Å². The van der Waals surface area contributed by atoms with Crippen LogP contribution in [0.1, 0.15) is 53.3 Å². The average Bonchev–Trinajstić information content (AvgIpc) is 3.29. The number of hydrogen-bond acceptors (Lipinski definition) is 6. The monoisotopic (exact) mass is 542 g/mol. The number of amides is 1. The van der Waals surface area contributed by atoms with Gasteiger partial charge in [0.05, 0.1) is 11.5 Å². The van der Waals surface area contributed by atoms with Gasteiger partial charge in [-0.1, -0.05) is 6.42 Å². The molecule has 2 atom stereocenters. The van der Waals surface area contributed by atoms with Crippen LogP contribution in [0.4, 0.5) is 29.2 Å². The van der Waals surface area contributed by atoms with Gasteiger partial charge < -0.3 is 16.2 Å². The number of carboxylic acids is 1. The highest BCUT2D eigenvalue weighted by molar-refractivity contribution is 6.04. The summed E-state index contributed by atoms with van der Waals surface area (Å²) in [4.78, 5) is 36.7. The molecule has 13 heteroatoms. The molecule has 0 saturated heterocycles. The van der Waals surface area contributed by atoms with Gasteiger partial charge in [0.1, 0.15) is 34.5 Å². The van der Waals surface area contributed by atoms with Crippen LogP contribution < -0.4 is 11.1 Å². The predicted molar refractivity (Wildman–Crippen MR) is 132 cm³/mol. The number of nitrogens with zero attached hydrogens (tertiary/aromatic N) is 4. The summed E-state index contributed by atoms with van der Waals surface area (Å²) >= 11 is 0. The number of alkyl halides is 3. The first-order valence-electron chi connectivity index (χ1n) is 12.0. The minimum Gasteiger partial charge on any atom is -0.481 e. The van der Waals surface area contributed by atoms with Crippen LogP contribution >= 0.6 is 0 Å². The van der Waals surface area contributed by atoms with E-state index in [-0.39, 0.29) is 34.4 Å². The Kier molecular flexibility index (Phi) is 6.66. The van der Waals surface area contributed by atoms with Crippen molar-refractivity contribution in [3.05, 3.63) is 71.7 Å². The third kappa shape index (κ3) is 5.11. The topological polar surface area (TPSA) is 136 Å². The second-order valence-electron chi connectivity index (χ2n) is 9.32. The Labute approximate surface area is 218 Å². The van der Waals surface area contributed by atoms with Crippen LogP contribution in [-0.2, 0) is 11.0 Å². The second-order valence-corrected chi connectivity index (χ2v) is 9.32. The van der Waals surface area contributed by atoms with E-state index >= 15 is 4.39 Å². The number of anilines is 2. The summed E-state index contributed by atoms with van der Waals surface area (Å²) in [5.41, 5.74) is 5.53. The molecule has 0 radical (unpaired) electrons. The molecular weight excluding hydrogens is 520 g/mol. The minimum absolute atomic E-state index is 0.0257. The molecule has 0 spiro atoms. The molecule has 1 aliphatic rings. The van der Waals surface area contributed by atoms with Gasteiger partial charge >= 0.3 is 12.1 Å². The van der Waals surface area contributed by atoms with E-state index in [0.29, 0.717) is 43.1 Å². The summed E-state index contributed by atoms with van der Waals surface area (Å²) in [6.07, 6.45) is 1.74. The number of nitrogen functional groups attached to an aromatic ring is 1. The number of aromatic nitrogens is 4. The van der Waals surface area contributed by atoms with Crippen molar-refractivity contribution in [1.29, 1.82) is 0 Å². The minimum atomic E-state index is -4.62. The lowest BCUT2D eigenvalue weighted by Gasteiger charge is -2.25. The lowest BCUT2D eigenvalue weighted by Crippen LogP contribution is -2.22. The highest BCUT2D eigenvalue weighted by Gasteiger charge is 2.32. The zero-order valence-electron chi connectivity index (χ0n) is 20.2. The van der Waals surface area contributed by atoms with Crippen LogP contribution in [0, 0.1) is 11.7 Å². The molecular formula is C26H22F4N6O3. The summed E-state index contributed by atoms with van der Waals surface area (Å²) in [6.45, 7) is 0. The Balaban J connectivity index is 1.48. The third-order valence-electron chi connectivity index (χ3n) is 6.81. The number of benzene rings is 1. The summed E-state index contributed by atoms with van der Waals surface area (Å²) < 4.78 is 56.0. The van der Waals surface area contributed by atoms with E-state index in [4.69, 9.17) is 5.73 Å². The van der Waals surface area contributed by atoms with Gasteiger partial charge in [-0.3, -0.25) is 14.0 Å². The van der Waals surface area contributed by atoms with E-state index in [1.165, 1.54) is 18.3 Å². The fourth-order valence-electron chi connectivity index (χ4n) is 4.92. The largest absolute Gasteiger partial charge is 0.481 e. The third-order valence-corrected chi connectivity index (χ3v) is 6.81. The lowest BCUT2D eigenvalue weighted by atomic mass is 9.81. The van der Waals surface area contributed by atoms with Crippen molar-refractivity contribution < 1.29 is 32.3 Å². The maximum absolute atomic E-state index is 15.4. The van der Waals surface area contributed by atoms with Gasteiger partial charge in [-0.15, -0.1) is 0 Å². The number of nitrogens with two attached hydrogens (primary N) is 1. The normalized spacial score (nSPS) is 17.7. The van der Waals surface area contributed by atoms with Crippen molar-refractivity contribution in [2.45, 2.75) is 37.8 Å². The van der Waals surface area contributed by atoms with Crippen molar-refractivity contribution in [3.63, 3.8) is 0 Å². The number of hydrogen-bond donors (Lipinski definition) is 3. The molecule has 4 aromatic rings. The zero-order valence-corrected chi connectivity index (χ0v) is 20.2. The van der Waals surface area contributed by atoms with E-state index in [1.807, 2.05) is 0 Å². The number of nitrogens with one attached hydrogen (secondary N) is 1. The van der Waals surface area contributed by atoms with Gasteiger partial charge in [0.15, 0.2) is 0 Å². The standard InChI is InChI=1S/C26H22F4N6O3/c27-18-11-14(24(37)34-19-12-16(6-7-32-19)26(28,29)30)4-5-17(18)20-21-22(31)33-8-9-36(21)23(35-20)13-2-1-3-15(10-13)25(38)39/h4-9,11-13,15H,1-3,10H2,(H2,31,33)(H,38,39)(H,32,34,37)/t13-,15+/m1/s1. The number of imidazole rings is 1. The average molecular weight is 542 g/mol. The fraction of sp³-hybridized carbons (Fsp3) is 0.269. The maximum Gasteiger partial charge on any atom is 0.416 e. The van der Waals surface area contributed by atoms with Gasteiger partial charge in [-0.05, 0) is 49.6 Å². The van der Waals surface area contributed by atoms with Crippen LogP contribution in [0.15, 0.2) is 48.9 Å². The van der Waals surface area contributed by atoms with Gasteiger partial charge in [0, 0.05) is 35.6 Å². The molecule has 4 N–H and O–H groups in total. The molecule has 9 nitrogen and oxygen atoms in total. The van der Waals surface area contributed by atoms with Crippen LogP contribution in [0.3, 0.4) is 0 Å². The van der Waals surface area contributed by atoms with Crippen molar-refractivity contribution in [3.8, 4) is 11.3 Å². The number of rotatable bonds is 5.